The Morgan fingerprint density at radius 1 is 1.11 bits per heavy atom. The quantitative estimate of drug-likeness (QED) is 0.233. The van der Waals surface area contributed by atoms with Crippen molar-refractivity contribution in [1.82, 2.24) is 19.6 Å². The summed E-state index contributed by atoms with van der Waals surface area (Å²) in [5, 5.41) is 20.8. The number of methoxy groups -OCH3 is 1. The van der Waals surface area contributed by atoms with Gasteiger partial charge >= 0.3 is 0 Å². The van der Waals surface area contributed by atoms with Crippen molar-refractivity contribution in [2.45, 2.75) is 13.1 Å². The van der Waals surface area contributed by atoms with Crippen molar-refractivity contribution in [2.24, 2.45) is 0 Å². The Kier molecular flexibility index (Phi) is 4.99. The largest absolute Gasteiger partial charge is 0.497 e. The van der Waals surface area contributed by atoms with Crippen molar-refractivity contribution in [1.29, 1.82) is 0 Å². The number of ether oxygens (including phenoxy) is 1. The van der Waals surface area contributed by atoms with E-state index >= 15 is 0 Å². The summed E-state index contributed by atoms with van der Waals surface area (Å²) in [4.78, 5) is 11.0. The number of nitro benzene ring substituents is 1. The van der Waals surface area contributed by atoms with Crippen LogP contribution in [0.3, 0.4) is 0 Å². The van der Waals surface area contributed by atoms with E-state index in [0.29, 0.717) is 22.2 Å². The van der Waals surface area contributed by atoms with Crippen LogP contribution in [0.2, 0.25) is 0 Å². The van der Waals surface area contributed by atoms with Gasteiger partial charge in [0.15, 0.2) is 0 Å². The van der Waals surface area contributed by atoms with E-state index in [1.54, 1.807) is 24.1 Å². The van der Waals surface area contributed by atoms with E-state index in [0.717, 1.165) is 22.5 Å². The summed E-state index contributed by atoms with van der Waals surface area (Å²) in [6.45, 7) is 1.08. The predicted octanol–water partition coefficient (Wildman–Crippen LogP) is 3.85. The summed E-state index contributed by atoms with van der Waals surface area (Å²) in [6.07, 6.45) is 1.75. The lowest BCUT2D eigenvalue weighted by atomic mass is 10.2. The van der Waals surface area contributed by atoms with Crippen LogP contribution in [0.15, 0.2) is 54.7 Å². The molecule has 0 saturated carbocycles. The Hall–Kier alpha value is -2.95. The molecule has 28 heavy (non-hydrogen) atoms. The normalized spacial score (nSPS) is 11.1. The number of benzene rings is 2. The summed E-state index contributed by atoms with van der Waals surface area (Å²) < 4.78 is 9.49. The first-order chi connectivity index (χ1) is 13.6. The van der Waals surface area contributed by atoms with E-state index in [1.807, 2.05) is 63.7 Å². The number of rotatable bonds is 6. The Labute approximate surface area is 174 Å². The minimum Gasteiger partial charge on any atom is -0.497 e. The second-order valence-electron chi connectivity index (χ2n) is 6.21. The molecule has 2 aromatic heterocycles. The van der Waals surface area contributed by atoms with E-state index in [-0.39, 0.29) is 10.6 Å². The summed E-state index contributed by atoms with van der Waals surface area (Å²) in [6, 6.07) is 14.8. The number of nitro groups is 1. The van der Waals surface area contributed by atoms with Gasteiger partial charge in [-0.2, -0.15) is 10.2 Å². The fourth-order valence-corrected chi connectivity index (χ4v) is 3.94. The van der Waals surface area contributed by atoms with Crippen molar-refractivity contribution >= 4 is 39.2 Å². The van der Waals surface area contributed by atoms with Crippen LogP contribution >= 0.6 is 22.6 Å². The first kappa shape index (κ1) is 18.4. The van der Waals surface area contributed by atoms with Crippen molar-refractivity contribution < 1.29 is 9.66 Å². The molecule has 2 heterocycles. The summed E-state index contributed by atoms with van der Waals surface area (Å²) >= 11 is 2.04. The molecule has 0 bridgehead atoms. The predicted molar refractivity (Wildman–Crippen MR) is 113 cm³/mol. The molecule has 0 spiro atoms. The fraction of sp³-hybridized carbons (Fsp3) is 0.158. The van der Waals surface area contributed by atoms with Crippen LogP contribution in [0.5, 0.6) is 5.75 Å². The number of aromatic nitrogens is 4. The van der Waals surface area contributed by atoms with Gasteiger partial charge < -0.3 is 4.74 Å². The smallest absolute Gasteiger partial charge is 0.281 e. The molecule has 0 saturated heterocycles. The molecule has 9 heteroatoms. The highest BCUT2D eigenvalue weighted by atomic mass is 127. The first-order valence-corrected chi connectivity index (χ1v) is 9.57. The molecule has 0 amide bonds. The molecular formula is C19H16IN5O3. The lowest BCUT2D eigenvalue weighted by molar-refractivity contribution is -0.383. The molecule has 0 unspecified atom stereocenters. The molecule has 142 valence electrons. The van der Waals surface area contributed by atoms with Crippen LogP contribution < -0.4 is 4.74 Å². The molecule has 0 N–H and O–H groups in total. The highest BCUT2D eigenvalue weighted by Crippen LogP contribution is 2.30. The van der Waals surface area contributed by atoms with Crippen LogP contribution in [-0.4, -0.2) is 31.6 Å². The minimum atomic E-state index is -0.371. The van der Waals surface area contributed by atoms with Crippen molar-refractivity contribution in [3.8, 4) is 5.75 Å². The molecule has 0 aliphatic rings. The highest BCUT2D eigenvalue weighted by Gasteiger charge is 2.20. The second-order valence-corrected chi connectivity index (χ2v) is 7.23. The Bertz CT molecular complexity index is 1150. The third-order valence-electron chi connectivity index (χ3n) is 4.52. The third kappa shape index (κ3) is 3.44. The fourth-order valence-electron chi connectivity index (χ4n) is 3.13. The average Bonchev–Trinajstić information content (AvgIpc) is 3.27. The second kappa shape index (κ2) is 7.58. The van der Waals surface area contributed by atoms with Gasteiger partial charge in [0.2, 0.25) is 0 Å². The van der Waals surface area contributed by atoms with Gasteiger partial charge in [-0.1, -0.05) is 18.2 Å². The molecule has 4 aromatic rings. The van der Waals surface area contributed by atoms with Crippen LogP contribution in [0.1, 0.15) is 11.3 Å². The van der Waals surface area contributed by atoms with Crippen LogP contribution in [0, 0.1) is 13.8 Å². The summed E-state index contributed by atoms with van der Waals surface area (Å²) in [5.74, 6) is 0.809. The Morgan fingerprint density at radius 2 is 1.89 bits per heavy atom. The Morgan fingerprint density at radius 3 is 2.61 bits per heavy atom. The minimum absolute atomic E-state index is 0.0693. The van der Waals surface area contributed by atoms with Gasteiger partial charge in [-0.15, -0.1) is 0 Å². The number of non-ortho nitro benzene ring substituents is 1. The zero-order valence-electron chi connectivity index (χ0n) is 14.9. The first-order valence-electron chi connectivity index (χ1n) is 8.50. The monoisotopic (exact) mass is 489 g/mol. The number of fused-ring (bicyclic) bond motifs is 1. The lowest BCUT2D eigenvalue weighted by Crippen LogP contribution is -2.11. The van der Waals surface area contributed by atoms with Gasteiger partial charge in [-0.3, -0.25) is 19.5 Å². The molecule has 0 aliphatic heterocycles. The van der Waals surface area contributed by atoms with Crippen LogP contribution in [-0.2, 0) is 13.1 Å². The topological polar surface area (TPSA) is 88.0 Å². The zero-order valence-corrected chi connectivity index (χ0v) is 17.1. The molecular weight excluding hydrogens is 473 g/mol. The van der Waals surface area contributed by atoms with E-state index in [1.165, 1.54) is 6.07 Å². The van der Waals surface area contributed by atoms with Gasteiger partial charge in [0.1, 0.15) is 14.8 Å². The number of nitrogens with zero attached hydrogens (tertiary/aromatic N) is 5. The van der Waals surface area contributed by atoms with E-state index in [4.69, 9.17) is 4.74 Å². The molecule has 0 aliphatic carbocycles. The van der Waals surface area contributed by atoms with E-state index in [2.05, 4.69) is 10.2 Å². The summed E-state index contributed by atoms with van der Waals surface area (Å²) in [7, 11) is 1.64. The molecule has 8 nitrogen and oxygen atoms in total. The average molecular weight is 489 g/mol. The maximum absolute atomic E-state index is 11.3. The van der Waals surface area contributed by atoms with Crippen molar-refractivity contribution in [3.05, 3.63) is 79.8 Å². The molecule has 0 atom stereocenters. The Balaban J connectivity index is 1.65. The number of hydrogen-bond donors (Lipinski definition) is 0. The van der Waals surface area contributed by atoms with E-state index in [9.17, 15) is 10.1 Å². The van der Waals surface area contributed by atoms with Gasteiger partial charge in [0.25, 0.3) is 5.69 Å². The van der Waals surface area contributed by atoms with Gasteiger partial charge in [-0.25, -0.2) is 0 Å². The van der Waals surface area contributed by atoms with Crippen LogP contribution in [0.25, 0.3) is 10.9 Å². The van der Waals surface area contributed by atoms with Crippen molar-refractivity contribution in [3.63, 3.8) is 0 Å². The maximum Gasteiger partial charge on any atom is 0.281 e. The number of hydrogen-bond acceptors (Lipinski definition) is 5. The standard InChI is InChI=1S/C19H16IN5O3/c1-28-15-7-5-13(6-8-15)11-23-14(9-10-21-23)12-24-16-3-2-4-17(25(26)27)18(16)19(20)22-24/h2-10H,11-12H2,1H3. The third-order valence-corrected chi connectivity index (χ3v) is 5.27. The van der Waals surface area contributed by atoms with Gasteiger partial charge in [-0.05, 0) is 52.4 Å². The molecule has 4 rings (SSSR count). The lowest BCUT2D eigenvalue weighted by Gasteiger charge is -2.09. The molecule has 0 radical (unpaired) electrons. The van der Waals surface area contributed by atoms with Gasteiger partial charge in [0, 0.05) is 12.3 Å². The molecule has 0 fully saturated rings. The SMILES string of the molecule is COc1ccc(Cn2nccc2Cn2nc(I)c3c([N+](=O)[O-])cccc32)cc1. The van der Waals surface area contributed by atoms with Gasteiger partial charge in [0.05, 0.1) is 36.3 Å². The zero-order chi connectivity index (χ0) is 19.7. The molecule has 2 aromatic carbocycles. The number of halogens is 1. The van der Waals surface area contributed by atoms with E-state index < -0.39 is 0 Å². The highest BCUT2D eigenvalue weighted by molar-refractivity contribution is 14.1. The maximum atomic E-state index is 11.3. The van der Waals surface area contributed by atoms with Crippen molar-refractivity contribution in [2.75, 3.05) is 7.11 Å². The summed E-state index contributed by atoms with van der Waals surface area (Å²) in [5.41, 5.74) is 2.86. The van der Waals surface area contributed by atoms with Crippen LogP contribution in [0.4, 0.5) is 5.69 Å².